The van der Waals surface area contributed by atoms with Crippen molar-refractivity contribution >= 4 is 10.8 Å². The van der Waals surface area contributed by atoms with E-state index in [1.165, 1.54) is 23.1 Å². The molecule has 0 heterocycles. The number of nitriles is 2. The van der Waals surface area contributed by atoms with Crippen molar-refractivity contribution in [2.45, 2.75) is 31.1 Å². The minimum atomic E-state index is 0.409. The van der Waals surface area contributed by atoms with Crippen molar-refractivity contribution in [2.75, 3.05) is 14.2 Å². The predicted molar refractivity (Wildman–Crippen MR) is 116 cm³/mol. The molecule has 4 saturated carbocycles. The van der Waals surface area contributed by atoms with Gasteiger partial charge in [0.25, 0.3) is 0 Å². The van der Waals surface area contributed by atoms with E-state index >= 15 is 0 Å². The van der Waals surface area contributed by atoms with Crippen LogP contribution in [0.4, 0.5) is 0 Å². The first kappa shape index (κ1) is 17.7. The van der Waals surface area contributed by atoms with E-state index in [9.17, 15) is 10.5 Å². The normalized spacial score (nSPS) is 37.5. The quantitative estimate of drug-likeness (QED) is 0.384. The maximum atomic E-state index is 9.60. The van der Waals surface area contributed by atoms with Crippen molar-refractivity contribution in [1.29, 1.82) is 10.5 Å². The number of allylic oxidation sites excluding steroid dienone is 2. The van der Waals surface area contributed by atoms with E-state index < -0.39 is 0 Å². The number of ether oxygens (including phenoxy) is 2. The fraction of sp³-hybridized carbons (Fsp3) is 0.481. The summed E-state index contributed by atoms with van der Waals surface area (Å²) in [5.41, 5.74) is 4.38. The first-order valence-electron chi connectivity index (χ1n) is 11.5. The number of hydrogen-bond acceptors (Lipinski definition) is 4. The van der Waals surface area contributed by atoms with E-state index in [0.29, 0.717) is 52.9 Å². The second kappa shape index (κ2) is 5.83. The second-order valence-electron chi connectivity index (χ2n) is 10.1. The maximum absolute atomic E-state index is 9.60. The third kappa shape index (κ3) is 1.80. The van der Waals surface area contributed by atoms with Crippen LogP contribution in [0.2, 0.25) is 0 Å². The van der Waals surface area contributed by atoms with Crippen molar-refractivity contribution in [3.8, 4) is 23.6 Å². The van der Waals surface area contributed by atoms with Crippen LogP contribution in [0.3, 0.4) is 0 Å². The van der Waals surface area contributed by atoms with Gasteiger partial charge in [-0.2, -0.15) is 10.5 Å². The minimum Gasteiger partial charge on any atom is -0.496 e. The second-order valence-corrected chi connectivity index (χ2v) is 10.1. The molecular weight excluding hydrogens is 384 g/mol. The predicted octanol–water partition coefficient (Wildman–Crippen LogP) is 5.30. The Bertz CT molecular complexity index is 1180. The average Bonchev–Trinajstić information content (AvgIpc) is 3.53. The molecule has 154 valence electrons. The van der Waals surface area contributed by atoms with Crippen molar-refractivity contribution < 1.29 is 9.47 Å². The highest BCUT2D eigenvalue weighted by atomic mass is 16.5. The van der Waals surface area contributed by atoms with Crippen LogP contribution in [0.5, 0.6) is 11.5 Å². The Hall–Kier alpha value is -2.98. The van der Waals surface area contributed by atoms with Crippen molar-refractivity contribution in [3.63, 3.8) is 0 Å². The Morgan fingerprint density at radius 2 is 1.32 bits per heavy atom. The monoisotopic (exact) mass is 408 g/mol. The van der Waals surface area contributed by atoms with E-state index in [4.69, 9.17) is 9.47 Å². The van der Waals surface area contributed by atoms with E-state index in [1.54, 1.807) is 14.2 Å². The number of hydrogen-bond donors (Lipinski definition) is 0. The maximum Gasteiger partial charge on any atom is 0.130 e. The first-order chi connectivity index (χ1) is 15.2. The summed E-state index contributed by atoms with van der Waals surface area (Å²) in [6.45, 7) is 0. The summed E-state index contributed by atoms with van der Waals surface area (Å²) in [5, 5.41) is 21.5. The molecule has 0 unspecified atom stereocenters. The topological polar surface area (TPSA) is 66.0 Å². The van der Waals surface area contributed by atoms with E-state index in [2.05, 4.69) is 36.4 Å². The van der Waals surface area contributed by atoms with Crippen LogP contribution in [-0.4, -0.2) is 14.2 Å². The molecule has 0 aliphatic heterocycles. The molecule has 4 fully saturated rings. The molecular formula is C27H24N2O2. The van der Waals surface area contributed by atoms with E-state index in [0.717, 1.165) is 35.1 Å². The molecule has 0 saturated heterocycles. The number of nitrogens with zero attached hydrogens (tertiary/aromatic N) is 2. The van der Waals surface area contributed by atoms with Gasteiger partial charge in [0.2, 0.25) is 0 Å². The Labute approximate surface area is 182 Å². The molecule has 0 spiro atoms. The van der Waals surface area contributed by atoms with Crippen molar-refractivity contribution in [1.82, 2.24) is 0 Å². The first-order valence-corrected chi connectivity index (χ1v) is 11.5. The largest absolute Gasteiger partial charge is 0.496 e. The lowest BCUT2D eigenvalue weighted by atomic mass is 9.53. The summed E-state index contributed by atoms with van der Waals surface area (Å²) in [6.07, 6.45) is 3.58. The zero-order valence-corrected chi connectivity index (χ0v) is 17.8. The third-order valence-corrected chi connectivity index (χ3v) is 9.59. The lowest BCUT2D eigenvalue weighted by molar-refractivity contribution is 0.0971. The highest BCUT2D eigenvalue weighted by Gasteiger charge is 2.71. The number of rotatable bonds is 2. The molecule has 2 aromatic carbocycles. The average molecular weight is 409 g/mol. The summed E-state index contributed by atoms with van der Waals surface area (Å²) in [4.78, 5) is 0. The van der Waals surface area contributed by atoms with Gasteiger partial charge in [-0.15, -0.1) is 0 Å². The SMILES string of the molecule is COc1c2c(c(OC)c3ccccc13)[C@H]1[C@H]3C[C@@H]([C@@H]21)[C@H]1[C@@H]3[C@H]2CC[C@@H]1C2=C(C#N)C#N. The molecule has 5 aliphatic carbocycles. The van der Waals surface area contributed by atoms with Gasteiger partial charge in [-0.25, -0.2) is 0 Å². The van der Waals surface area contributed by atoms with Gasteiger partial charge in [-0.3, -0.25) is 0 Å². The van der Waals surface area contributed by atoms with Gasteiger partial charge in [0, 0.05) is 21.9 Å². The molecule has 0 radical (unpaired) electrons. The molecule has 0 N–H and O–H groups in total. The van der Waals surface area contributed by atoms with E-state index in [1.807, 2.05) is 0 Å². The van der Waals surface area contributed by atoms with Gasteiger partial charge in [0.05, 0.1) is 14.2 Å². The van der Waals surface area contributed by atoms with Crippen LogP contribution < -0.4 is 9.47 Å². The van der Waals surface area contributed by atoms with Gasteiger partial charge in [0.15, 0.2) is 0 Å². The standard InChI is InChI=1S/C27H24N2O2/c1-30-26-13-5-3-4-6-14(13)27(31-2)25-23-18-9-17(22(23)24(25)26)20-15-7-8-16(21(18)20)19(15)12(10-28)11-29/h3-6,15-18,20-23H,7-9H2,1-2H3/t15-,16+,17-,18+,20+,21-,22-,23+. The summed E-state index contributed by atoms with van der Waals surface area (Å²) in [5.74, 6) is 6.54. The van der Waals surface area contributed by atoms with Crippen LogP contribution in [0.1, 0.15) is 42.2 Å². The van der Waals surface area contributed by atoms with Crippen LogP contribution >= 0.6 is 0 Å². The van der Waals surface area contributed by atoms with Gasteiger partial charge < -0.3 is 9.47 Å². The minimum absolute atomic E-state index is 0.409. The summed E-state index contributed by atoms with van der Waals surface area (Å²) < 4.78 is 12.0. The fourth-order valence-electron chi connectivity index (χ4n) is 9.11. The van der Waals surface area contributed by atoms with Gasteiger partial charge in [-0.05, 0) is 72.2 Å². The van der Waals surface area contributed by atoms with Gasteiger partial charge in [0.1, 0.15) is 29.2 Å². The summed E-state index contributed by atoms with van der Waals surface area (Å²) in [7, 11) is 3.59. The molecule has 0 amide bonds. The fourth-order valence-corrected chi connectivity index (χ4v) is 9.11. The smallest absolute Gasteiger partial charge is 0.130 e. The summed E-state index contributed by atoms with van der Waals surface area (Å²) in [6, 6.07) is 12.9. The van der Waals surface area contributed by atoms with Gasteiger partial charge in [-0.1, -0.05) is 24.3 Å². The molecule has 0 aromatic heterocycles. The van der Waals surface area contributed by atoms with Gasteiger partial charge >= 0.3 is 0 Å². The van der Waals surface area contributed by atoms with Crippen LogP contribution in [0.15, 0.2) is 35.4 Å². The Kier molecular flexibility index (Phi) is 3.32. The zero-order valence-electron chi connectivity index (χ0n) is 17.8. The number of methoxy groups -OCH3 is 2. The lowest BCUT2D eigenvalue weighted by Crippen LogP contribution is -2.41. The molecule has 8 atom stereocenters. The van der Waals surface area contributed by atoms with Crippen LogP contribution in [0, 0.1) is 58.2 Å². The van der Waals surface area contributed by atoms with Crippen molar-refractivity contribution in [3.05, 3.63) is 46.5 Å². The number of benzene rings is 2. The zero-order chi connectivity index (χ0) is 21.0. The summed E-state index contributed by atoms with van der Waals surface area (Å²) >= 11 is 0. The lowest BCUT2D eigenvalue weighted by Gasteiger charge is -2.51. The molecule has 7 rings (SSSR count). The molecule has 4 nitrogen and oxygen atoms in total. The van der Waals surface area contributed by atoms with Crippen molar-refractivity contribution in [2.24, 2.45) is 35.5 Å². The Balaban J connectivity index is 1.42. The number of fused-ring (bicyclic) bond motifs is 16. The molecule has 4 bridgehead atoms. The van der Waals surface area contributed by atoms with Crippen LogP contribution in [-0.2, 0) is 0 Å². The molecule has 2 aromatic rings. The molecule has 5 aliphatic rings. The highest BCUT2D eigenvalue weighted by molar-refractivity contribution is 5.98. The Morgan fingerprint density at radius 1 is 0.839 bits per heavy atom. The molecule has 31 heavy (non-hydrogen) atoms. The van der Waals surface area contributed by atoms with Crippen LogP contribution in [0.25, 0.3) is 10.8 Å². The third-order valence-electron chi connectivity index (χ3n) is 9.59. The Morgan fingerprint density at radius 3 is 1.74 bits per heavy atom. The highest BCUT2D eigenvalue weighted by Crippen LogP contribution is 2.80. The van der Waals surface area contributed by atoms with E-state index in [-0.39, 0.29) is 0 Å². The molecule has 4 heteroatoms.